The summed E-state index contributed by atoms with van der Waals surface area (Å²) >= 11 is 0. The van der Waals surface area contributed by atoms with Gasteiger partial charge in [0.25, 0.3) is 5.91 Å². The van der Waals surface area contributed by atoms with Crippen molar-refractivity contribution >= 4 is 11.8 Å². The Kier molecular flexibility index (Phi) is 5.96. The number of carbonyl (C=O) groups excluding carboxylic acids is 2. The summed E-state index contributed by atoms with van der Waals surface area (Å²) in [6.45, 7) is 4.14. The SMILES string of the molecule is CC(C)C(NC(=O)c1ccco1)C(=O)N(C)Cc1ccc(C#N)cc1. The lowest BCUT2D eigenvalue weighted by molar-refractivity contribution is -0.133. The maximum atomic E-state index is 12.7. The fourth-order valence-corrected chi connectivity index (χ4v) is 2.41. The Morgan fingerprint density at radius 3 is 2.44 bits per heavy atom. The summed E-state index contributed by atoms with van der Waals surface area (Å²) in [6, 6.07) is 11.6. The summed E-state index contributed by atoms with van der Waals surface area (Å²) in [5.41, 5.74) is 1.48. The van der Waals surface area contributed by atoms with Crippen LogP contribution in [0, 0.1) is 17.2 Å². The summed E-state index contributed by atoms with van der Waals surface area (Å²) in [4.78, 5) is 26.5. The zero-order chi connectivity index (χ0) is 18.4. The Hall–Kier alpha value is -3.07. The highest BCUT2D eigenvalue weighted by molar-refractivity contribution is 5.95. The van der Waals surface area contributed by atoms with E-state index in [-0.39, 0.29) is 17.6 Å². The number of nitrogens with one attached hydrogen (secondary N) is 1. The van der Waals surface area contributed by atoms with Crippen molar-refractivity contribution in [3.05, 3.63) is 59.5 Å². The van der Waals surface area contributed by atoms with E-state index >= 15 is 0 Å². The van der Waals surface area contributed by atoms with Crippen molar-refractivity contribution < 1.29 is 14.0 Å². The predicted octanol–water partition coefficient (Wildman–Crippen LogP) is 2.56. The smallest absolute Gasteiger partial charge is 0.287 e. The average molecular weight is 339 g/mol. The minimum Gasteiger partial charge on any atom is -0.459 e. The van der Waals surface area contributed by atoms with Crippen molar-refractivity contribution in [1.82, 2.24) is 10.2 Å². The molecule has 0 bridgehead atoms. The lowest BCUT2D eigenvalue weighted by atomic mass is 10.0. The van der Waals surface area contributed by atoms with Gasteiger partial charge < -0.3 is 14.6 Å². The summed E-state index contributed by atoms with van der Waals surface area (Å²) in [6.07, 6.45) is 1.41. The van der Waals surface area contributed by atoms with Crippen LogP contribution >= 0.6 is 0 Å². The number of nitrogens with zero attached hydrogens (tertiary/aromatic N) is 2. The number of furan rings is 1. The first-order valence-electron chi connectivity index (χ1n) is 8.00. The molecule has 2 rings (SSSR count). The molecule has 0 saturated carbocycles. The van der Waals surface area contributed by atoms with Crippen LogP contribution in [0.5, 0.6) is 0 Å². The number of hydrogen-bond donors (Lipinski definition) is 1. The third-order valence-corrected chi connectivity index (χ3v) is 3.84. The molecule has 25 heavy (non-hydrogen) atoms. The van der Waals surface area contributed by atoms with E-state index in [1.54, 1.807) is 36.2 Å². The minimum atomic E-state index is -0.652. The van der Waals surface area contributed by atoms with Crippen LogP contribution in [0.3, 0.4) is 0 Å². The maximum absolute atomic E-state index is 12.7. The van der Waals surface area contributed by atoms with Crippen LogP contribution < -0.4 is 5.32 Å². The van der Waals surface area contributed by atoms with E-state index in [0.717, 1.165) is 5.56 Å². The first-order valence-corrected chi connectivity index (χ1v) is 8.00. The molecular formula is C19H21N3O3. The van der Waals surface area contributed by atoms with E-state index in [1.165, 1.54) is 6.26 Å². The van der Waals surface area contributed by atoms with E-state index in [0.29, 0.717) is 12.1 Å². The van der Waals surface area contributed by atoms with Crippen LogP contribution in [0.1, 0.15) is 35.5 Å². The number of benzene rings is 1. The molecule has 0 aliphatic carbocycles. The highest BCUT2D eigenvalue weighted by Crippen LogP contribution is 2.11. The van der Waals surface area contributed by atoms with Crippen LogP contribution in [0.25, 0.3) is 0 Å². The van der Waals surface area contributed by atoms with Crippen molar-refractivity contribution in [2.75, 3.05) is 7.05 Å². The second-order valence-electron chi connectivity index (χ2n) is 6.18. The number of amides is 2. The van der Waals surface area contributed by atoms with Crippen LogP contribution in [0.2, 0.25) is 0 Å². The fourth-order valence-electron chi connectivity index (χ4n) is 2.41. The monoisotopic (exact) mass is 339 g/mol. The molecule has 1 heterocycles. The van der Waals surface area contributed by atoms with Gasteiger partial charge in [0.05, 0.1) is 17.9 Å². The average Bonchev–Trinajstić information content (AvgIpc) is 3.14. The van der Waals surface area contributed by atoms with Gasteiger partial charge in [0.2, 0.25) is 5.91 Å². The third-order valence-electron chi connectivity index (χ3n) is 3.84. The van der Waals surface area contributed by atoms with Crippen molar-refractivity contribution in [1.29, 1.82) is 5.26 Å². The van der Waals surface area contributed by atoms with Crippen molar-refractivity contribution in [2.24, 2.45) is 5.92 Å². The van der Waals surface area contributed by atoms with Gasteiger partial charge in [0.1, 0.15) is 6.04 Å². The minimum absolute atomic E-state index is 0.0742. The molecular weight excluding hydrogens is 318 g/mol. The first-order chi connectivity index (χ1) is 11.9. The molecule has 0 saturated heterocycles. The van der Waals surface area contributed by atoms with Gasteiger partial charge in [-0.1, -0.05) is 26.0 Å². The molecule has 1 N–H and O–H groups in total. The van der Waals surface area contributed by atoms with Crippen LogP contribution in [0.4, 0.5) is 0 Å². The highest BCUT2D eigenvalue weighted by Gasteiger charge is 2.28. The summed E-state index contributed by atoms with van der Waals surface area (Å²) in [5, 5.41) is 11.6. The Balaban J connectivity index is 2.05. The predicted molar refractivity (Wildman–Crippen MR) is 92.4 cm³/mol. The zero-order valence-corrected chi connectivity index (χ0v) is 14.5. The number of nitriles is 1. The molecule has 130 valence electrons. The molecule has 6 heteroatoms. The quantitative estimate of drug-likeness (QED) is 0.876. The molecule has 0 spiro atoms. The van der Waals surface area contributed by atoms with Gasteiger partial charge in [0.15, 0.2) is 5.76 Å². The van der Waals surface area contributed by atoms with Gasteiger partial charge in [0, 0.05) is 13.6 Å². The second-order valence-corrected chi connectivity index (χ2v) is 6.18. The largest absolute Gasteiger partial charge is 0.459 e. The second kappa shape index (κ2) is 8.15. The molecule has 1 atom stereocenters. The summed E-state index contributed by atoms with van der Waals surface area (Å²) in [5.74, 6) is -0.494. The molecule has 2 aromatic rings. The topological polar surface area (TPSA) is 86.3 Å². The molecule has 6 nitrogen and oxygen atoms in total. The normalized spacial score (nSPS) is 11.6. The molecule has 0 aliphatic rings. The number of hydrogen-bond acceptors (Lipinski definition) is 4. The van der Waals surface area contributed by atoms with Crippen molar-refractivity contribution in [3.8, 4) is 6.07 Å². The van der Waals surface area contributed by atoms with E-state index < -0.39 is 11.9 Å². The molecule has 1 aromatic heterocycles. The lowest BCUT2D eigenvalue weighted by Crippen LogP contribution is -2.49. The number of rotatable bonds is 6. The van der Waals surface area contributed by atoms with Gasteiger partial charge in [-0.2, -0.15) is 5.26 Å². The van der Waals surface area contributed by atoms with Gasteiger partial charge >= 0.3 is 0 Å². The fraction of sp³-hybridized carbons (Fsp3) is 0.316. The number of likely N-dealkylation sites (N-methyl/N-ethyl adjacent to an activating group) is 1. The van der Waals surface area contributed by atoms with Gasteiger partial charge in [-0.3, -0.25) is 9.59 Å². The van der Waals surface area contributed by atoms with Gasteiger partial charge in [-0.15, -0.1) is 0 Å². The molecule has 2 amide bonds. The van der Waals surface area contributed by atoms with E-state index in [9.17, 15) is 9.59 Å². The lowest BCUT2D eigenvalue weighted by Gasteiger charge is -2.27. The molecule has 0 fully saturated rings. The standard InChI is InChI=1S/C19H21N3O3/c1-13(2)17(21-18(23)16-5-4-10-25-16)19(24)22(3)12-15-8-6-14(11-20)7-9-15/h4-10,13,17H,12H2,1-3H3,(H,21,23). The van der Waals surface area contributed by atoms with Crippen molar-refractivity contribution in [3.63, 3.8) is 0 Å². The van der Waals surface area contributed by atoms with Crippen molar-refractivity contribution in [2.45, 2.75) is 26.4 Å². The van der Waals surface area contributed by atoms with Crippen LogP contribution in [-0.4, -0.2) is 29.8 Å². The molecule has 0 radical (unpaired) electrons. The first kappa shape index (κ1) is 18.3. The third kappa shape index (κ3) is 4.70. The maximum Gasteiger partial charge on any atom is 0.287 e. The Labute approximate surface area is 147 Å². The molecule has 1 unspecified atom stereocenters. The van der Waals surface area contributed by atoms with E-state index in [2.05, 4.69) is 11.4 Å². The van der Waals surface area contributed by atoms with E-state index in [4.69, 9.17) is 9.68 Å². The van der Waals surface area contributed by atoms with Gasteiger partial charge in [-0.25, -0.2) is 0 Å². The number of carbonyl (C=O) groups is 2. The Morgan fingerprint density at radius 1 is 1.24 bits per heavy atom. The van der Waals surface area contributed by atoms with Gasteiger partial charge in [-0.05, 0) is 35.7 Å². The molecule has 1 aromatic carbocycles. The van der Waals surface area contributed by atoms with Crippen LogP contribution in [-0.2, 0) is 11.3 Å². The zero-order valence-electron chi connectivity index (χ0n) is 14.5. The molecule has 0 aliphatic heterocycles. The summed E-state index contributed by atoms with van der Waals surface area (Å²) < 4.78 is 5.07. The van der Waals surface area contributed by atoms with Crippen LogP contribution in [0.15, 0.2) is 47.1 Å². The highest BCUT2D eigenvalue weighted by atomic mass is 16.3. The van der Waals surface area contributed by atoms with E-state index in [1.807, 2.05) is 26.0 Å². The summed E-state index contributed by atoms with van der Waals surface area (Å²) in [7, 11) is 1.69. The Bertz CT molecular complexity index is 758. The Morgan fingerprint density at radius 2 is 1.92 bits per heavy atom.